The molecule has 1 aliphatic heterocycles. The number of halogens is 3. The molecule has 1 N–H and O–H groups in total. The SMILES string of the molecule is FC(F)(F)C1CCN(c2ccncc2CNC2CC2)CC1. The van der Waals surface area contributed by atoms with Crippen molar-refractivity contribution in [1.82, 2.24) is 10.3 Å². The van der Waals surface area contributed by atoms with Crippen molar-refractivity contribution >= 4 is 5.69 Å². The fraction of sp³-hybridized carbons (Fsp3) is 0.667. The van der Waals surface area contributed by atoms with E-state index >= 15 is 0 Å². The summed E-state index contributed by atoms with van der Waals surface area (Å²) in [7, 11) is 0. The molecular formula is C15H20F3N3. The number of nitrogens with zero attached hydrogens (tertiary/aromatic N) is 2. The summed E-state index contributed by atoms with van der Waals surface area (Å²) in [4.78, 5) is 6.21. The van der Waals surface area contributed by atoms with Gasteiger partial charge in [0.15, 0.2) is 0 Å². The maximum Gasteiger partial charge on any atom is 0.391 e. The highest BCUT2D eigenvalue weighted by molar-refractivity contribution is 5.52. The van der Waals surface area contributed by atoms with Crippen molar-refractivity contribution in [2.24, 2.45) is 5.92 Å². The predicted octanol–water partition coefficient (Wildman–Crippen LogP) is 3.11. The van der Waals surface area contributed by atoms with Gasteiger partial charge in [0.1, 0.15) is 0 Å². The van der Waals surface area contributed by atoms with Gasteiger partial charge in [-0.15, -0.1) is 0 Å². The average molecular weight is 299 g/mol. The van der Waals surface area contributed by atoms with Crippen LogP contribution >= 0.6 is 0 Å². The highest BCUT2D eigenvalue weighted by Gasteiger charge is 2.41. The Balaban J connectivity index is 1.64. The molecule has 1 aliphatic carbocycles. The summed E-state index contributed by atoms with van der Waals surface area (Å²) in [5.41, 5.74) is 2.11. The highest BCUT2D eigenvalue weighted by Crippen LogP contribution is 2.36. The van der Waals surface area contributed by atoms with Gasteiger partial charge in [0.2, 0.25) is 0 Å². The molecule has 2 heterocycles. The molecule has 0 bridgehead atoms. The zero-order valence-electron chi connectivity index (χ0n) is 11.9. The zero-order valence-corrected chi connectivity index (χ0v) is 11.9. The van der Waals surface area contributed by atoms with E-state index in [2.05, 4.69) is 15.2 Å². The summed E-state index contributed by atoms with van der Waals surface area (Å²) in [5, 5.41) is 3.44. The molecule has 1 aromatic rings. The molecule has 21 heavy (non-hydrogen) atoms. The van der Waals surface area contributed by atoms with Gasteiger partial charge in [-0.2, -0.15) is 13.2 Å². The predicted molar refractivity (Wildman–Crippen MR) is 75.1 cm³/mol. The molecule has 0 amide bonds. The Bertz CT molecular complexity index is 477. The summed E-state index contributed by atoms with van der Waals surface area (Å²) >= 11 is 0. The maximum absolute atomic E-state index is 12.7. The number of alkyl halides is 3. The molecule has 1 saturated carbocycles. The normalized spacial score (nSPS) is 20.8. The van der Waals surface area contributed by atoms with Gasteiger partial charge in [0, 0.05) is 49.3 Å². The third kappa shape index (κ3) is 3.67. The minimum Gasteiger partial charge on any atom is -0.371 e. The van der Waals surface area contributed by atoms with Crippen LogP contribution in [0, 0.1) is 5.92 Å². The average Bonchev–Trinajstić information content (AvgIpc) is 3.29. The molecule has 6 heteroatoms. The summed E-state index contributed by atoms with van der Waals surface area (Å²) < 4.78 is 38.2. The van der Waals surface area contributed by atoms with Gasteiger partial charge in [-0.05, 0) is 31.7 Å². The van der Waals surface area contributed by atoms with Crippen LogP contribution in [-0.2, 0) is 6.54 Å². The van der Waals surface area contributed by atoms with E-state index in [1.165, 1.54) is 12.8 Å². The van der Waals surface area contributed by atoms with Crippen molar-refractivity contribution in [3.8, 4) is 0 Å². The van der Waals surface area contributed by atoms with E-state index < -0.39 is 12.1 Å². The minimum atomic E-state index is -4.05. The molecular weight excluding hydrogens is 279 g/mol. The summed E-state index contributed by atoms with van der Waals surface area (Å²) in [6.07, 6.45) is 2.27. The second-order valence-corrected chi connectivity index (χ2v) is 5.96. The van der Waals surface area contributed by atoms with Gasteiger partial charge in [-0.3, -0.25) is 4.98 Å². The molecule has 3 nitrogen and oxygen atoms in total. The Morgan fingerprint density at radius 3 is 2.52 bits per heavy atom. The summed E-state index contributed by atoms with van der Waals surface area (Å²) in [6, 6.07) is 2.52. The van der Waals surface area contributed by atoms with Crippen molar-refractivity contribution in [3.05, 3.63) is 24.0 Å². The van der Waals surface area contributed by atoms with Crippen LogP contribution in [0.4, 0.5) is 18.9 Å². The van der Waals surface area contributed by atoms with E-state index in [0.717, 1.165) is 17.8 Å². The van der Waals surface area contributed by atoms with Crippen molar-refractivity contribution < 1.29 is 13.2 Å². The van der Waals surface area contributed by atoms with Crippen LogP contribution in [0.2, 0.25) is 0 Å². The Morgan fingerprint density at radius 1 is 1.19 bits per heavy atom. The van der Waals surface area contributed by atoms with Crippen molar-refractivity contribution in [2.75, 3.05) is 18.0 Å². The number of hydrogen-bond donors (Lipinski definition) is 1. The fourth-order valence-electron chi connectivity index (χ4n) is 2.85. The fourth-order valence-corrected chi connectivity index (χ4v) is 2.85. The van der Waals surface area contributed by atoms with Gasteiger partial charge in [-0.25, -0.2) is 0 Å². The minimum absolute atomic E-state index is 0.182. The second-order valence-electron chi connectivity index (χ2n) is 5.96. The van der Waals surface area contributed by atoms with E-state index in [0.29, 0.717) is 19.1 Å². The monoisotopic (exact) mass is 299 g/mol. The van der Waals surface area contributed by atoms with Crippen molar-refractivity contribution in [1.29, 1.82) is 0 Å². The molecule has 1 saturated heterocycles. The first-order chi connectivity index (χ1) is 10.0. The molecule has 1 aromatic heterocycles. The Kier molecular flexibility index (Phi) is 4.06. The van der Waals surface area contributed by atoms with Crippen molar-refractivity contribution in [2.45, 2.75) is 44.4 Å². The van der Waals surface area contributed by atoms with E-state index in [9.17, 15) is 13.2 Å². The first kappa shape index (κ1) is 14.6. The van der Waals surface area contributed by atoms with Crippen molar-refractivity contribution in [3.63, 3.8) is 0 Å². The molecule has 0 spiro atoms. The zero-order chi connectivity index (χ0) is 14.9. The number of rotatable bonds is 4. The third-order valence-corrected chi connectivity index (χ3v) is 4.33. The van der Waals surface area contributed by atoms with E-state index in [-0.39, 0.29) is 12.8 Å². The van der Waals surface area contributed by atoms with Crippen LogP contribution < -0.4 is 10.2 Å². The maximum atomic E-state index is 12.7. The summed E-state index contributed by atoms with van der Waals surface area (Å²) in [6.45, 7) is 1.67. The lowest BCUT2D eigenvalue weighted by Gasteiger charge is -2.35. The lowest BCUT2D eigenvalue weighted by Crippen LogP contribution is -2.39. The smallest absolute Gasteiger partial charge is 0.371 e. The van der Waals surface area contributed by atoms with Crippen LogP contribution in [0.3, 0.4) is 0 Å². The molecule has 3 rings (SSSR count). The number of nitrogens with one attached hydrogen (secondary N) is 1. The summed E-state index contributed by atoms with van der Waals surface area (Å²) in [5.74, 6) is -1.15. The first-order valence-electron chi connectivity index (χ1n) is 7.52. The number of piperidine rings is 1. The van der Waals surface area contributed by atoms with E-state index in [1.54, 1.807) is 6.20 Å². The van der Waals surface area contributed by atoms with Gasteiger partial charge in [-0.1, -0.05) is 0 Å². The third-order valence-electron chi connectivity index (χ3n) is 4.33. The molecule has 2 fully saturated rings. The molecule has 2 aliphatic rings. The van der Waals surface area contributed by atoms with Crippen LogP contribution in [-0.4, -0.2) is 30.3 Å². The standard InChI is InChI=1S/C15H20F3N3/c16-15(17,18)12-4-7-21(8-5-12)14-3-6-19-9-11(14)10-20-13-1-2-13/h3,6,9,12-13,20H,1-2,4-5,7-8,10H2. The highest BCUT2D eigenvalue weighted by atomic mass is 19.4. The van der Waals surface area contributed by atoms with Gasteiger partial charge < -0.3 is 10.2 Å². The van der Waals surface area contributed by atoms with Gasteiger partial charge in [0.05, 0.1) is 5.92 Å². The lowest BCUT2D eigenvalue weighted by atomic mass is 9.95. The lowest BCUT2D eigenvalue weighted by molar-refractivity contribution is -0.179. The largest absolute Gasteiger partial charge is 0.391 e. The molecule has 0 aromatic carbocycles. The number of pyridine rings is 1. The van der Waals surface area contributed by atoms with E-state index in [1.807, 2.05) is 12.3 Å². The Hall–Kier alpha value is -1.30. The molecule has 0 unspecified atom stereocenters. The van der Waals surface area contributed by atoms with Crippen LogP contribution in [0.15, 0.2) is 18.5 Å². The van der Waals surface area contributed by atoms with Crippen LogP contribution in [0.1, 0.15) is 31.2 Å². The number of hydrogen-bond acceptors (Lipinski definition) is 3. The van der Waals surface area contributed by atoms with Crippen LogP contribution in [0.25, 0.3) is 0 Å². The number of aromatic nitrogens is 1. The first-order valence-corrected chi connectivity index (χ1v) is 7.52. The second kappa shape index (κ2) is 5.83. The number of anilines is 1. The van der Waals surface area contributed by atoms with Crippen LogP contribution in [0.5, 0.6) is 0 Å². The van der Waals surface area contributed by atoms with Gasteiger partial charge in [0.25, 0.3) is 0 Å². The van der Waals surface area contributed by atoms with E-state index in [4.69, 9.17) is 0 Å². The molecule has 0 atom stereocenters. The van der Waals surface area contributed by atoms with Gasteiger partial charge >= 0.3 is 6.18 Å². The topological polar surface area (TPSA) is 28.2 Å². The molecule has 0 radical (unpaired) electrons. The quantitative estimate of drug-likeness (QED) is 0.926. The molecule has 116 valence electrons. The Labute approximate surface area is 122 Å². The Morgan fingerprint density at radius 2 is 1.90 bits per heavy atom.